The van der Waals surface area contributed by atoms with E-state index in [0.717, 1.165) is 0 Å². The molecular formula is C7H6O. The zero-order chi connectivity index (χ0) is 6.41. The molecule has 8 heavy (non-hydrogen) atoms. The fraction of sp³-hybridized carbons (Fsp3) is 0.143. The minimum absolute atomic E-state index is 0.786. The predicted octanol–water partition coefficient (Wildman–Crippen LogP) is 0.170. The SMILES string of the molecule is C#CC#CC(O)C=C. The summed E-state index contributed by atoms with van der Waals surface area (Å²) in [5.41, 5.74) is 0. The summed E-state index contributed by atoms with van der Waals surface area (Å²) in [5, 5.41) is 8.60. The Morgan fingerprint density at radius 1 is 1.75 bits per heavy atom. The fourth-order valence-electron chi connectivity index (χ4n) is 0.175. The Morgan fingerprint density at radius 2 is 2.38 bits per heavy atom. The highest BCUT2D eigenvalue weighted by Crippen LogP contribution is 1.76. The van der Waals surface area contributed by atoms with E-state index in [9.17, 15) is 0 Å². The quantitative estimate of drug-likeness (QED) is 0.373. The van der Waals surface area contributed by atoms with Crippen LogP contribution in [0.3, 0.4) is 0 Å². The first-order chi connectivity index (χ1) is 3.81. The Labute approximate surface area is 49.0 Å². The van der Waals surface area contributed by atoms with Gasteiger partial charge >= 0.3 is 0 Å². The summed E-state index contributed by atoms with van der Waals surface area (Å²) in [6.45, 7) is 3.29. The lowest BCUT2D eigenvalue weighted by molar-refractivity contribution is 0.281. The molecule has 1 atom stereocenters. The number of aliphatic hydroxyl groups is 1. The van der Waals surface area contributed by atoms with Crippen LogP contribution >= 0.6 is 0 Å². The Kier molecular flexibility index (Phi) is 3.40. The molecule has 0 radical (unpaired) electrons. The van der Waals surface area contributed by atoms with E-state index < -0.39 is 6.10 Å². The maximum absolute atomic E-state index is 8.60. The van der Waals surface area contributed by atoms with Crippen LogP contribution in [0.4, 0.5) is 0 Å². The van der Waals surface area contributed by atoms with Crippen LogP contribution in [0.25, 0.3) is 0 Å². The molecule has 0 heterocycles. The lowest BCUT2D eigenvalue weighted by Gasteiger charge is -1.85. The number of terminal acetylenes is 1. The molecule has 1 N–H and O–H groups in total. The molecule has 0 aromatic carbocycles. The molecule has 0 aliphatic rings. The molecular weight excluding hydrogens is 100 g/mol. The van der Waals surface area contributed by atoms with Crippen LogP contribution in [0.2, 0.25) is 0 Å². The summed E-state index contributed by atoms with van der Waals surface area (Å²) in [6, 6.07) is 0. The lowest BCUT2D eigenvalue weighted by Crippen LogP contribution is -1.94. The topological polar surface area (TPSA) is 20.2 Å². The van der Waals surface area contributed by atoms with Crippen molar-refractivity contribution in [3.8, 4) is 24.2 Å². The average Bonchev–Trinajstić information content (AvgIpc) is 1.83. The van der Waals surface area contributed by atoms with E-state index in [1.54, 1.807) is 0 Å². The molecule has 0 aromatic heterocycles. The first-order valence-electron chi connectivity index (χ1n) is 2.08. The van der Waals surface area contributed by atoms with Gasteiger partial charge in [0.1, 0.15) is 6.10 Å². The van der Waals surface area contributed by atoms with Crippen LogP contribution in [0.15, 0.2) is 12.7 Å². The normalized spacial score (nSPS) is 10.0. The molecule has 0 bridgehead atoms. The first kappa shape index (κ1) is 6.82. The van der Waals surface area contributed by atoms with Gasteiger partial charge < -0.3 is 5.11 Å². The van der Waals surface area contributed by atoms with Crippen molar-refractivity contribution in [2.45, 2.75) is 6.10 Å². The third-order valence-electron chi connectivity index (χ3n) is 0.515. The van der Waals surface area contributed by atoms with E-state index in [1.807, 2.05) is 0 Å². The molecule has 0 aromatic rings. The highest BCUT2D eigenvalue weighted by atomic mass is 16.3. The zero-order valence-corrected chi connectivity index (χ0v) is 4.39. The van der Waals surface area contributed by atoms with Crippen molar-refractivity contribution in [1.82, 2.24) is 0 Å². The highest BCUT2D eigenvalue weighted by molar-refractivity contribution is 5.25. The minimum atomic E-state index is -0.786. The molecule has 1 unspecified atom stereocenters. The molecule has 40 valence electrons. The van der Waals surface area contributed by atoms with Crippen LogP contribution in [-0.4, -0.2) is 11.2 Å². The molecule has 0 aliphatic heterocycles. The number of hydrogen-bond donors (Lipinski definition) is 1. The van der Waals surface area contributed by atoms with Gasteiger partial charge in [-0.1, -0.05) is 18.6 Å². The molecule has 0 saturated carbocycles. The van der Waals surface area contributed by atoms with E-state index in [1.165, 1.54) is 6.08 Å². The van der Waals surface area contributed by atoms with Crippen LogP contribution in [0.5, 0.6) is 0 Å². The third-order valence-corrected chi connectivity index (χ3v) is 0.515. The van der Waals surface area contributed by atoms with Gasteiger partial charge in [-0.25, -0.2) is 0 Å². The van der Waals surface area contributed by atoms with Gasteiger partial charge in [-0.3, -0.25) is 0 Å². The van der Waals surface area contributed by atoms with Crippen molar-refractivity contribution >= 4 is 0 Å². The summed E-state index contributed by atoms with van der Waals surface area (Å²) in [7, 11) is 0. The molecule has 0 rings (SSSR count). The Bertz CT molecular complexity index is 163. The van der Waals surface area contributed by atoms with E-state index in [0.29, 0.717) is 0 Å². The number of aliphatic hydroxyl groups excluding tert-OH is 1. The molecule has 1 nitrogen and oxygen atoms in total. The van der Waals surface area contributed by atoms with Crippen LogP contribution in [0, 0.1) is 24.2 Å². The molecule has 0 spiro atoms. The van der Waals surface area contributed by atoms with Gasteiger partial charge in [-0.05, 0) is 11.8 Å². The van der Waals surface area contributed by atoms with E-state index in [-0.39, 0.29) is 0 Å². The van der Waals surface area contributed by atoms with Crippen LogP contribution < -0.4 is 0 Å². The summed E-state index contributed by atoms with van der Waals surface area (Å²) in [4.78, 5) is 0. The Morgan fingerprint density at radius 3 is 2.75 bits per heavy atom. The maximum Gasteiger partial charge on any atom is 0.134 e. The van der Waals surface area contributed by atoms with E-state index >= 15 is 0 Å². The van der Waals surface area contributed by atoms with Crippen LogP contribution in [0.1, 0.15) is 0 Å². The second-order valence-corrected chi connectivity index (χ2v) is 1.09. The van der Waals surface area contributed by atoms with Crippen LogP contribution in [-0.2, 0) is 0 Å². The summed E-state index contributed by atoms with van der Waals surface area (Å²) in [6.07, 6.45) is 5.29. The van der Waals surface area contributed by atoms with Gasteiger partial charge in [0, 0.05) is 0 Å². The van der Waals surface area contributed by atoms with Gasteiger partial charge in [0.2, 0.25) is 0 Å². The smallest absolute Gasteiger partial charge is 0.134 e. The van der Waals surface area contributed by atoms with Gasteiger partial charge in [0.25, 0.3) is 0 Å². The van der Waals surface area contributed by atoms with Crippen molar-refractivity contribution in [3.63, 3.8) is 0 Å². The molecule has 0 saturated heterocycles. The lowest BCUT2D eigenvalue weighted by atomic mass is 10.3. The Hall–Kier alpha value is -1.18. The second kappa shape index (κ2) is 3.99. The monoisotopic (exact) mass is 106 g/mol. The largest absolute Gasteiger partial charge is 0.377 e. The number of hydrogen-bond acceptors (Lipinski definition) is 1. The molecule has 0 aliphatic carbocycles. The van der Waals surface area contributed by atoms with Crippen molar-refractivity contribution in [3.05, 3.63) is 12.7 Å². The molecule has 0 fully saturated rings. The van der Waals surface area contributed by atoms with Gasteiger partial charge in [0.05, 0.1) is 0 Å². The molecule has 1 heteroatoms. The number of rotatable bonds is 1. The third kappa shape index (κ3) is 3.03. The summed E-state index contributed by atoms with van der Waals surface area (Å²) >= 11 is 0. The summed E-state index contributed by atoms with van der Waals surface area (Å²) in [5.74, 6) is 6.65. The second-order valence-electron chi connectivity index (χ2n) is 1.09. The fourth-order valence-corrected chi connectivity index (χ4v) is 0.175. The van der Waals surface area contributed by atoms with Crippen molar-refractivity contribution in [2.75, 3.05) is 0 Å². The van der Waals surface area contributed by atoms with Gasteiger partial charge in [-0.2, -0.15) is 0 Å². The van der Waals surface area contributed by atoms with Gasteiger partial charge in [0.15, 0.2) is 0 Å². The predicted molar refractivity (Wildman–Crippen MR) is 32.8 cm³/mol. The standard InChI is InChI=1S/C7H6O/c1-3-5-6-7(8)4-2/h1,4,7-8H,2H2. The summed E-state index contributed by atoms with van der Waals surface area (Å²) < 4.78 is 0. The van der Waals surface area contributed by atoms with E-state index in [4.69, 9.17) is 11.5 Å². The first-order valence-corrected chi connectivity index (χ1v) is 2.08. The highest BCUT2D eigenvalue weighted by Gasteiger charge is 1.83. The van der Waals surface area contributed by atoms with E-state index in [2.05, 4.69) is 24.3 Å². The van der Waals surface area contributed by atoms with Crippen molar-refractivity contribution < 1.29 is 5.11 Å². The minimum Gasteiger partial charge on any atom is -0.377 e. The zero-order valence-electron chi connectivity index (χ0n) is 4.39. The van der Waals surface area contributed by atoms with Crippen molar-refractivity contribution in [1.29, 1.82) is 0 Å². The van der Waals surface area contributed by atoms with Gasteiger partial charge in [-0.15, -0.1) is 6.42 Å². The maximum atomic E-state index is 8.60. The average molecular weight is 106 g/mol. The Balaban J connectivity index is 3.72. The molecule has 0 amide bonds. The van der Waals surface area contributed by atoms with Crippen molar-refractivity contribution in [2.24, 2.45) is 0 Å².